The van der Waals surface area contributed by atoms with Crippen LogP contribution in [0.3, 0.4) is 0 Å². The number of methoxy groups -OCH3 is 1. The maximum atomic E-state index is 12.7. The molecule has 0 saturated heterocycles. The second-order valence-corrected chi connectivity index (χ2v) is 5.42. The molecule has 1 aliphatic carbocycles. The number of para-hydroxylation sites is 2. The molecule has 108 valence electrons. The van der Waals surface area contributed by atoms with E-state index in [-0.39, 0.29) is 11.8 Å². The molecular weight excluding hydrogens is 262 g/mol. The zero-order chi connectivity index (χ0) is 14.7. The zero-order valence-electron chi connectivity index (χ0n) is 12.1. The number of rotatable bonds is 5. The lowest BCUT2D eigenvalue weighted by Gasteiger charge is -2.18. The summed E-state index contributed by atoms with van der Waals surface area (Å²) in [6.45, 7) is 0. The highest BCUT2D eigenvalue weighted by Crippen LogP contribution is 2.43. The van der Waals surface area contributed by atoms with Gasteiger partial charge in [-0.25, -0.2) is 0 Å². The van der Waals surface area contributed by atoms with Crippen LogP contribution in [0.25, 0.3) is 0 Å². The molecule has 1 amide bonds. The van der Waals surface area contributed by atoms with E-state index in [1.54, 1.807) is 7.11 Å². The van der Waals surface area contributed by atoms with Crippen LogP contribution in [0.4, 0.5) is 5.69 Å². The molecule has 0 spiro atoms. The van der Waals surface area contributed by atoms with Crippen molar-refractivity contribution in [3.05, 3.63) is 60.2 Å². The van der Waals surface area contributed by atoms with Gasteiger partial charge in [-0.15, -0.1) is 0 Å². The van der Waals surface area contributed by atoms with Gasteiger partial charge in [-0.3, -0.25) is 4.79 Å². The highest BCUT2D eigenvalue weighted by molar-refractivity contribution is 5.97. The van der Waals surface area contributed by atoms with E-state index in [0.717, 1.165) is 24.1 Å². The fourth-order valence-electron chi connectivity index (χ4n) is 2.69. The minimum atomic E-state index is -0.0730. The van der Waals surface area contributed by atoms with E-state index in [0.29, 0.717) is 11.7 Å². The van der Waals surface area contributed by atoms with Crippen molar-refractivity contribution >= 4 is 11.6 Å². The Morgan fingerprint density at radius 2 is 1.76 bits per heavy atom. The number of carbonyl (C=O) groups is 1. The largest absolute Gasteiger partial charge is 0.495 e. The molecule has 0 heterocycles. The molecule has 3 heteroatoms. The van der Waals surface area contributed by atoms with Crippen LogP contribution in [0, 0.1) is 5.92 Å². The van der Waals surface area contributed by atoms with Gasteiger partial charge in [0.1, 0.15) is 5.75 Å². The van der Waals surface area contributed by atoms with Crippen molar-refractivity contribution in [2.45, 2.75) is 18.8 Å². The van der Waals surface area contributed by atoms with E-state index >= 15 is 0 Å². The normalized spacial score (nSPS) is 15.3. The van der Waals surface area contributed by atoms with E-state index in [9.17, 15) is 4.79 Å². The Hall–Kier alpha value is -2.29. The van der Waals surface area contributed by atoms with Crippen LogP contribution in [-0.2, 0) is 4.79 Å². The minimum absolute atomic E-state index is 0.0493. The monoisotopic (exact) mass is 281 g/mol. The summed E-state index contributed by atoms with van der Waals surface area (Å²) in [5.41, 5.74) is 1.82. The van der Waals surface area contributed by atoms with Gasteiger partial charge in [-0.05, 0) is 36.5 Å². The summed E-state index contributed by atoms with van der Waals surface area (Å²) in [6.07, 6.45) is 2.25. The molecule has 1 N–H and O–H groups in total. The van der Waals surface area contributed by atoms with Crippen molar-refractivity contribution in [3.8, 4) is 5.75 Å². The van der Waals surface area contributed by atoms with Crippen LogP contribution in [0.1, 0.15) is 24.3 Å². The topological polar surface area (TPSA) is 38.3 Å². The average Bonchev–Trinajstić information content (AvgIpc) is 3.34. The molecule has 3 rings (SSSR count). The highest BCUT2D eigenvalue weighted by atomic mass is 16.5. The quantitative estimate of drug-likeness (QED) is 0.904. The molecule has 0 radical (unpaired) electrons. The van der Waals surface area contributed by atoms with Crippen LogP contribution < -0.4 is 10.1 Å². The van der Waals surface area contributed by atoms with E-state index in [1.807, 2.05) is 54.6 Å². The summed E-state index contributed by atoms with van der Waals surface area (Å²) in [6, 6.07) is 17.5. The molecule has 21 heavy (non-hydrogen) atoms. The third kappa shape index (κ3) is 3.07. The fourth-order valence-corrected chi connectivity index (χ4v) is 2.69. The van der Waals surface area contributed by atoms with Gasteiger partial charge >= 0.3 is 0 Å². The van der Waals surface area contributed by atoms with Crippen molar-refractivity contribution in [2.75, 3.05) is 12.4 Å². The summed E-state index contributed by atoms with van der Waals surface area (Å²) in [5.74, 6) is 1.12. The molecule has 0 bridgehead atoms. The number of amides is 1. The number of ether oxygens (including phenoxy) is 1. The van der Waals surface area contributed by atoms with E-state index in [2.05, 4.69) is 5.32 Å². The summed E-state index contributed by atoms with van der Waals surface area (Å²) in [7, 11) is 1.61. The number of benzene rings is 2. The summed E-state index contributed by atoms with van der Waals surface area (Å²) < 4.78 is 5.29. The Bertz CT molecular complexity index is 620. The molecule has 0 aromatic heterocycles. The van der Waals surface area contributed by atoms with Crippen molar-refractivity contribution in [3.63, 3.8) is 0 Å². The predicted octanol–water partition coefficient (Wildman–Crippen LogP) is 3.83. The minimum Gasteiger partial charge on any atom is -0.495 e. The Kier molecular flexibility index (Phi) is 3.91. The van der Waals surface area contributed by atoms with Gasteiger partial charge in [0, 0.05) is 0 Å². The number of hydrogen-bond donors (Lipinski definition) is 1. The third-order valence-corrected chi connectivity index (χ3v) is 3.90. The van der Waals surface area contributed by atoms with Gasteiger partial charge in [-0.2, -0.15) is 0 Å². The van der Waals surface area contributed by atoms with Crippen molar-refractivity contribution in [1.82, 2.24) is 0 Å². The van der Waals surface area contributed by atoms with Gasteiger partial charge in [0.15, 0.2) is 0 Å². The van der Waals surface area contributed by atoms with Crippen molar-refractivity contribution in [2.24, 2.45) is 5.92 Å². The van der Waals surface area contributed by atoms with Gasteiger partial charge in [-0.1, -0.05) is 42.5 Å². The second kappa shape index (κ2) is 6.00. The summed E-state index contributed by atoms with van der Waals surface area (Å²) >= 11 is 0. The van der Waals surface area contributed by atoms with Crippen LogP contribution in [0.2, 0.25) is 0 Å². The lowest BCUT2D eigenvalue weighted by atomic mass is 9.93. The molecule has 1 fully saturated rings. The maximum absolute atomic E-state index is 12.7. The van der Waals surface area contributed by atoms with Crippen molar-refractivity contribution < 1.29 is 9.53 Å². The molecule has 1 aliphatic rings. The van der Waals surface area contributed by atoms with Crippen LogP contribution >= 0.6 is 0 Å². The molecule has 1 unspecified atom stereocenters. The van der Waals surface area contributed by atoms with Crippen LogP contribution in [0.15, 0.2) is 54.6 Å². The lowest BCUT2D eigenvalue weighted by Crippen LogP contribution is -2.23. The Morgan fingerprint density at radius 1 is 1.10 bits per heavy atom. The van der Waals surface area contributed by atoms with E-state index in [1.165, 1.54) is 0 Å². The fraction of sp³-hybridized carbons (Fsp3) is 0.278. The number of hydrogen-bond acceptors (Lipinski definition) is 2. The molecule has 0 aliphatic heterocycles. The van der Waals surface area contributed by atoms with Gasteiger partial charge in [0.05, 0.1) is 18.7 Å². The second-order valence-electron chi connectivity index (χ2n) is 5.42. The smallest absolute Gasteiger partial charge is 0.232 e. The van der Waals surface area contributed by atoms with Gasteiger partial charge < -0.3 is 10.1 Å². The maximum Gasteiger partial charge on any atom is 0.232 e. The summed E-state index contributed by atoms with van der Waals surface area (Å²) in [5, 5.41) is 3.02. The van der Waals surface area contributed by atoms with Crippen LogP contribution in [0.5, 0.6) is 5.75 Å². The molecule has 1 saturated carbocycles. The molecule has 3 nitrogen and oxygen atoms in total. The molecule has 2 aromatic rings. The first-order chi connectivity index (χ1) is 10.3. The Morgan fingerprint density at radius 3 is 2.43 bits per heavy atom. The SMILES string of the molecule is COc1ccccc1NC(=O)C(c1ccccc1)C1CC1. The number of carbonyl (C=O) groups excluding carboxylic acids is 1. The lowest BCUT2D eigenvalue weighted by molar-refractivity contribution is -0.118. The van der Waals surface area contributed by atoms with Crippen LogP contribution in [-0.4, -0.2) is 13.0 Å². The van der Waals surface area contributed by atoms with Gasteiger partial charge in [0.25, 0.3) is 0 Å². The van der Waals surface area contributed by atoms with Gasteiger partial charge in [0.2, 0.25) is 5.91 Å². The summed E-state index contributed by atoms with van der Waals surface area (Å²) in [4.78, 5) is 12.7. The first-order valence-corrected chi connectivity index (χ1v) is 7.28. The number of anilines is 1. The van der Waals surface area contributed by atoms with E-state index in [4.69, 9.17) is 4.74 Å². The third-order valence-electron chi connectivity index (χ3n) is 3.90. The predicted molar refractivity (Wildman–Crippen MR) is 83.5 cm³/mol. The van der Waals surface area contributed by atoms with E-state index < -0.39 is 0 Å². The molecule has 2 aromatic carbocycles. The van der Waals surface area contributed by atoms with Crippen molar-refractivity contribution in [1.29, 1.82) is 0 Å². The molecular formula is C18H19NO2. The number of nitrogens with one attached hydrogen (secondary N) is 1. The Balaban J connectivity index is 1.82. The standard InChI is InChI=1S/C18H19NO2/c1-21-16-10-6-5-9-15(16)19-18(20)17(14-11-12-14)13-7-3-2-4-8-13/h2-10,14,17H,11-12H2,1H3,(H,19,20). The average molecular weight is 281 g/mol. The highest BCUT2D eigenvalue weighted by Gasteiger charge is 2.37. The first-order valence-electron chi connectivity index (χ1n) is 7.28. The zero-order valence-corrected chi connectivity index (χ0v) is 12.1. The molecule has 1 atom stereocenters. The first kappa shape index (κ1) is 13.7. The Labute approximate surface area is 124 Å².